The Morgan fingerprint density at radius 2 is 1.61 bits per heavy atom. The van der Waals surface area contributed by atoms with Gasteiger partial charge >= 0.3 is 0 Å². The fraction of sp³-hybridized carbons (Fsp3) is 0.714. The molecule has 1 aromatic heterocycles. The molecule has 0 aliphatic heterocycles. The van der Waals surface area contributed by atoms with Crippen molar-refractivity contribution in [3.63, 3.8) is 0 Å². The van der Waals surface area contributed by atoms with Crippen LogP contribution in [0.25, 0.3) is 0 Å². The normalized spacial score (nSPS) is 21.6. The minimum atomic E-state index is 0.669. The Bertz CT molecular complexity index is 373. The van der Waals surface area contributed by atoms with Crippen LogP contribution in [-0.4, -0.2) is 31.6 Å². The molecule has 18 heavy (non-hydrogen) atoms. The van der Waals surface area contributed by atoms with Crippen LogP contribution in [-0.2, 0) is 0 Å². The van der Waals surface area contributed by atoms with Crippen LogP contribution in [0.4, 0.5) is 0 Å². The van der Waals surface area contributed by atoms with Crippen LogP contribution in [0, 0.1) is 0 Å². The Labute approximate surface area is 114 Å². The Balaban J connectivity index is 1.81. The zero-order chi connectivity index (χ0) is 12.4. The second-order valence-corrected chi connectivity index (χ2v) is 5.90. The van der Waals surface area contributed by atoms with Crippen molar-refractivity contribution in [3.05, 3.63) is 18.7 Å². The molecule has 0 radical (unpaired) electrons. The molecule has 0 atom stereocenters. The first-order valence-electron chi connectivity index (χ1n) is 7.17. The molecule has 0 amide bonds. The highest BCUT2D eigenvalue weighted by Crippen LogP contribution is 2.32. The van der Waals surface area contributed by atoms with E-state index >= 15 is 0 Å². The first-order chi connectivity index (χ1) is 8.86. The van der Waals surface area contributed by atoms with E-state index in [0.29, 0.717) is 12.1 Å². The quantitative estimate of drug-likeness (QED) is 0.765. The van der Waals surface area contributed by atoms with Crippen molar-refractivity contribution in [2.24, 2.45) is 0 Å². The zero-order valence-corrected chi connectivity index (χ0v) is 11.6. The second-order valence-electron chi connectivity index (χ2n) is 5.54. The van der Waals surface area contributed by atoms with Crippen molar-refractivity contribution in [1.29, 1.82) is 0 Å². The third-order valence-electron chi connectivity index (χ3n) is 4.38. The molecule has 2 saturated carbocycles. The first kappa shape index (κ1) is 12.2. The minimum Gasteiger partial charge on any atom is -0.343 e. The summed E-state index contributed by atoms with van der Waals surface area (Å²) in [5.41, 5.74) is 0. The molecule has 0 unspecified atom stereocenters. The fourth-order valence-electron chi connectivity index (χ4n) is 3.48. The maximum Gasteiger partial charge on any atom is 0.181 e. The van der Waals surface area contributed by atoms with E-state index < -0.39 is 0 Å². The lowest BCUT2D eigenvalue weighted by Gasteiger charge is -2.36. The molecule has 98 valence electrons. The van der Waals surface area contributed by atoms with Gasteiger partial charge in [-0.25, -0.2) is 4.98 Å². The van der Waals surface area contributed by atoms with E-state index in [1.54, 1.807) is 0 Å². The van der Waals surface area contributed by atoms with Gasteiger partial charge in [-0.1, -0.05) is 25.7 Å². The predicted octanol–water partition coefficient (Wildman–Crippen LogP) is 3.20. The molecular formula is C14H21N3S. The van der Waals surface area contributed by atoms with Gasteiger partial charge in [-0.3, -0.25) is 4.57 Å². The molecule has 0 saturated heterocycles. The molecular weight excluding hydrogens is 242 g/mol. The van der Waals surface area contributed by atoms with E-state index in [0.717, 1.165) is 5.11 Å². The summed E-state index contributed by atoms with van der Waals surface area (Å²) in [6, 6.07) is 1.34. The highest BCUT2D eigenvalue weighted by atomic mass is 32.1. The maximum atomic E-state index is 5.72. The summed E-state index contributed by atoms with van der Waals surface area (Å²) < 4.78 is 2.01. The smallest absolute Gasteiger partial charge is 0.181 e. The standard InChI is InChI=1S/C14H21N3S/c18-14(16-10-9-15-11-16)17(12-5-1-2-6-12)13-7-3-4-8-13/h9-13H,1-8H2. The average molecular weight is 263 g/mol. The van der Waals surface area contributed by atoms with Crippen LogP contribution in [0.1, 0.15) is 51.4 Å². The van der Waals surface area contributed by atoms with Crippen LogP contribution in [0.15, 0.2) is 18.7 Å². The molecule has 0 bridgehead atoms. The van der Waals surface area contributed by atoms with Crippen LogP contribution < -0.4 is 0 Å². The molecule has 2 aliphatic rings. The van der Waals surface area contributed by atoms with Gasteiger partial charge < -0.3 is 4.90 Å². The van der Waals surface area contributed by atoms with E-state index in [1.165, 1.54) is 51.4 Å². The van der Waals surface area contributed by atoms with Gasteiger partial charge in [0.15, 0.2) is 5.11 Å². The van der Waals surface area contributed by atoms with Crippen molar-refractivity contribution in [2.45, 2.75) is 63.5 Å². The summed E-state index contributed by atoms with van der Waals surface area (Å²) in [6.07, 6.45) is 16.3. The molecule has 1 aromatic rings. The van der Waals surface area contributed by atoms with E-state index in [-0.39, 0.29) is 0 Å². The topological polar surface area (TPSA) is 21.1 Å². The Morgan fingerprint density at radius 3 is 2.06 bits per heavy atom. The summed E-state index contributed by atoms with van der Waals surface area (Å²) in [5.74, 6) is 0. The first-order valence-corrected chi connectivity index (χ1v) is 7.58. The third kappa shape index (κ3) is 2.30. The Hall–Kier alpha value is -0.900. The lowest BCUT2D eigenvalue weighted by Crippen LogP contribution is -2.46. The number of nitrogens with zero attached hydrogens (tertiary/aromatic N) is 3. The molecule has 0 aromatic carbocycles. The summed E-state index contributed by atoms with van der Waals surface area (Å²) >= 11 is 5.72. The lowest BCUT2D eigenvalue weighted by atomic mass is 10.1. The van der Waals surface area contributed by atoms with Crippen LogP contribution in [0.5, 0.6) is 0 Å². The van der Waals surface area contributed by atoms with Crippen molar-refractivity contribution in [2.75, 3.05) is 0 Å². The Kier molecular flexibility index (Phi) is 3.64. The molecule has 0 N–H and O–H groups in total. The van der Waals surface area contributed by atoms with E-state index in [4.69, 9.17) is 12.2 Å². The minimum absolute atomic E-state index is 0.669. The van der Waals surface area contributed by atoms with Crippen LogP contribution in [0.3, 0.4) is 0 Å². The molecule has 2 aliphatic carbocycles. The highest BCUT2D eigenvalue weighted by Gasteiger charge is 2.32. The zero-order valence-electron chi connectivity index (χ0n) is 10.8. The number of thiocarbonyl (C=S) groups is 1. The second kappa shape index (κ2) is 5.39. The largest absolute Gasteiger partial charge is 0.343 e. The maximum absolute atomic E-state index is 5.72. The average Bonchev–Trinajstić information content (AvgIpc) is 3.14. The van der Waals surface area contributed by atoms with Crippen molar-refractivity contribution >= 4 is 17.3 Å². The summed E-state index contributed by atoms with van der Waals surface area (Å²) in [7, 11) is 0. The van der Waals surface area contributed by atoms with Crippen molar-refractivity contribution < 1.29 is 0 Å². The van der Waals surface area contributed by atoms with Crippen molar-refractivity contribution in [3.8, 4) is 0 Å². The predicted molar refractivity (Wildman–Crippen MR) is 76.6 cm³/mol. The van der Waals surface area contributed by atoms with Gasteiger partial charge in [0.05, 0.1) is 0 Å². The molecule has 3 rings (SSSR count). The van der Waals surface area contributed by atoms with Gasteiger partial charge in [0, 0.05) is 24.5 Å². The van der Waals surface area contributed by atoms with Crippen LogP contribution in [0.2, 0.25) is 0 Å². The number of rotatable bonds is 2. The van der Waals surface area contributed by atoms with E-state index in [1.807, 2.05) is 23.3 Å². The van der Waals surface area contributed by atoms with Gasteiger partial charge in [-0.05, 0) is 37.9 Å². The molecule has 1 heterocycles. The highest BCUT2D eigenvalue weighted by molar-refractivity contribution is 7.80. The summed E-state index contributed by atoms with van der Waals surface area (Å²) in [5, 5.41) is 0.964. The van der Waals surface area contributed by atoms with Crippen LogP contribution >= 0.6 is 12.2 Å². The third-order valence-corrected chi connectivity index (χ3v) is 4.80. The molecule has 2 fully saturated rings. The SMILES string of the molecule is S=C(N(C1CCCC1)C1CCCC1)n1ccnc1. The Morgan fingerprint density at radius 1 is 1.06 bits per heavy atom. The number of aromatic nitrogens is 2. The summed E-state index contributed by atoms with van der Waals surface area (Å²) in [6.45, 7) is 0. The van der Waals surface area contributed by atoms with Gasteiger partial charge in [-0.15, -0.1) is 0 Å². The lowest BCUT2D eigenvalue weighted by molar-refractivity contribution is 0.237. The number of hydrogen-bond donors (Lipinski definition) is 0. The van der Waals surface area contributed by atoms with Gasteiger partial charge in [0.25, 0.3) is 0 Å². The molecule has 3 nitrogen and oxygen atoms in total. The van der Waals surface area contributed by atoms with Gasteiger partial charge in [-0.2, -0.15) is 0 Å². The van der Waals surface area contributed by atoms with Gasteiger partial charge in [0.1, 0.15) is 6.33 Å². The fourth-order valence-corrected chi connectivity index (χ4v) is 3.89. The number of hydrogen-bond acceptors (Lipinski definition) is 2. The van der Waals surface area contributed by atoms with E-state index in [9.17, 15) is 0 Å². The number of imidazole rings is 1. The van der Waals surface area contributed by atoms with Gasteiger partial charge in [0.2, 0.25) is 0 Å². The molecule has 4 heteroatoms. The monoisotopic (exact) mass is 263 g/mol. The van der Waals surface area contributed by atoms with Crippen molar-refractivity contribution in [1.82, 2.24) is 14.5 Å². The van der Waals surface area contributed by atoms with E-state index in [2.05, 4.69) is 9.88 Å². The summed E-state index contributed by atoms with van der Waals surface area (Å²) in [4.78, 5) is 6.67. The molecule has 0 spiro atoms.